The van der Waals surface area contributed by atoms with Gasteiger partial charge in [0.2, 0.25) is 0 Å². The minimum Gasteiger partial charge on any atom is -0.484 e. The van der Waals surface area contributed by atoms with Gasteiger partial charge in [0.15, 0.2) is 12.1 Å². The Morgan fingerprint density at radius 1 is 1.33 bits per heavy atom. The lowest BCUT2D eigenvalue weighted by atomic mass is 9.92. The fourth-order valence-corrected chi connectivity index (χ4v) is 3.04. The third kappa shape index (κ3) is 2.73. The molecule has 0 N–H and O–H groups in total. The fraction of sp³-hybridized carbons (Fsp3) is 0.353. The van der Waals surface area contributed by atoms with Crippen LogP contribution in [0.2, 0.25) is 0 Å². The molecule has 0 saturated heterocycles. The van der Waals surface area contributed by atoms with Crippen LogP contribution in [0.1, 0.15) is 31.1 Å². The van der Waals surface area contributed by atoms with Gasteiger partial charge in [0, 0.05) is 6.42 Å². The van der Waals surface area contributed by atoms with Crippen LogP contribution < -0.4 is 10.3 Å². The highest BCUT2D eigenvalue weighted by Crippen LogP contribution is 2.26. The van der Waals surface area contributed by atoms with E-state index in [0.717, 1.165) is 0 Å². The molecule has 0 radical (unpaired) electrons. The Morgan fingerprint density at radius 3 is 2.83 bits per heavy atom. The first-order chi connectivity index (χ1) is 11.5. The molecule has 1 aromatic carbocycles. The van der Waals surface area contributed by atoms with E-state index in [1.54, 1.807) is 25.1 Å². The molecule has 2 aromatic rings. The third-order valence-corrected chi connectivity index (χ3v) is 4.13. The summed E-state index contributed by atoms with van der Waals surface area (Å²) >= 11 is 0. The number of benzene rings is 1. The van der Waals surface area contributed by atoms with Gasteiger partial charge in [-0.25, -0.2) is 4.98 Å². The number of fused-ring (bicyclic) bond motifs is 1. The molecular formula is C17H16N2O5. The number of para-hydroxylation sites is 1. The molecule has 1 fully saturated rings. The Morgan fingerprint density at radius 2 is 2.12 bits per heavy atom. The second kappa shape index (κ2) is 6.35. The van der Waals surface area contributed by atoms with E-state index in [0.29, 0.717) is 35.2 Å². The summed E-state index contributed by atoms with van der Waals surface area (Å²) in [5.74, 6) is 0.366. The highest BCUT2D eigenvalue weighted by molar-refractivity contribution is 6.03. The van der Waals surface area contributed by atoms with Crippen LogP contribution >= 0.6 is 0 Å². The minimum absolute atomic E-state index is 0.0970. The van der Waals surface area contributed by atoms with Crippen LogP contribution in [0.4, 0.5) is 0 Å². The van der Waals surface area contributed by atoms with Gasteiger partial charge in [-0.1, -0.05) is 6.07 Å². The van der Waals surface area contributed by atoms with E-state index in [4.69, 9.17) is 4.74 Å². The number of carbonyl (C=O) groups excluding carboxylic acids is 3. The van der Waals surface area contributed by atoms with Gasteiger partial charge in [-0.3, -0.25) is 23.7 Å². The zero-order valence-corrected chi connectivity index (χ0v) is 13.2. The second-order valence-corrected chi connectivity index (χ2v) is 5.70. The maximum Gasteiger partial charge on any atom is 0.262 e. The lowest BCUT2D eigenvalue weighted by Gasteiger charge is -2.24. The Hall–Kier alpha value is -2.83. The number of ether oxygens (including phenoxy) is 1. The molecule has 7 nitrogen and oxygen atoms in total. The number of aldehydes is 1. The molecule has 1 saturated carbocycles. The van der Waals surface area contributed by atoms with E-state index in [-0.39, 0.29) is 36.6 Å². The van der Waals surface area contributed by atoms with Crippen LogP contribution in [0.15, 0.2) is 23.0 Å². The smallest absolute Gasteiger partial charge is 0.262 e. The summed E-state index contributed by atoms with van der Waals surface area (Å²) in [6.07, 6.45) is 1.07. The molecular weight excluding hydrogens is 312 g/mol. The molecule has 1 aliphatic rings. The topological polar surface area (TPSA) is 95.3 Å². The summed E-state index contributed by atoms with van der Waals surface area (Å²) in [5.41, 5.74) is 0.0131. The lowest BCUT2D eigenvalue weighted by molar-refractivity contribution is -0.132. The Labute approximate surface area is 137 Å². The summed E-state index contributed by atoms with van der Waals surface area (Å²) in [4.78, 5) is 51.4. The summed E-state index contributed by atoms with van der Waals surface area (Å²) in [5, 5.41) is 0.314. The number of rotatable bonds is 4. The van der Waals surface area contributed by atoms with Gasteiger partial charge < -0.3 is 4.74 Å². The lowest BCUT2D eigenvalue weighted by Crippen LogP contribution is -2.36. The molecule has 1 aliphatic carbocycles. The zero-order valence-electron chi connectivity index (χ0n) is 13.2. The quantitative estimate of drug-likeness (QED) is 0.617. The molecule has 3 rings (SSSR count). The van der Waals surface area contributed by atoms with Crippen molar-refractivity contribution in [3.05, 3.63) is 34.4 Å². The Balaban J connectivity index is 2.14. The molecule has 0 aliphatic heterocycles. The first kappa shape index (κ1) is 16.0. The van der Waals surface area contributed by atoms with Crippen molar-refractivity contribution in [1.29, 1.82) is 0 Å². The molecule has 7 heteroatoms. The second-order valence-electron chi connectivity index (χ2n) is 5.70. The molecule has 24 heavy (non-hydrogen) atoms. The fourth-order valence-electron chi connectivity index (χ4n) is 3.04. The number of aromatic nitrogens is 2. The first-order valence-corrected chi connectivity index (χ1v) is 7.65. The summed E-state index contributed by atoms with van der Waals surface area (Å²) in [6, 6.07) is 4.21. The van der Waals surface area contributed by atoms with Gasteiger partial charge in [0.25, 0.3) is 5.56 Å². The van der Waals surface area contributed by atoms with Crippen molar-refractivity contribution in [2.24, 2.45) is 0 Å². The molecule has 1 atom stereocenters. The molecule has 1 unspecified atom stereocenters. The predicted molar refractivity (Wildman–Crippen MR) is 85.2 cm³/mol. The van der Waals surface area contributed by atoms with Gasteiger partial charge in [0.1, 0.15) is 29.5 Å². The van der Waals surface area contributed by atoms with Crippen LogP contribution in [0.5, 0.6) is 5.75 Å². The van der Waals surface area contributed by atoms with Crippen molar-refractivity contribution in [3.63, 3.8) is 0 Å². The van der Waals surface area contributed by atoms with Gasteiger partial charge in [-0.15, -0.1) is 0 Å². The van der Waals surface area contributed by atoms with Crippen molar-refractivity contribution < 1.29 is 19.1 Å². The summed E-state index contributed by atoms with van der Waals surface area (Å²) < 4.78 is 6.67. The van der Waals surface area contributed by atoms with Crippen molar-refractivity contribution in [1.82, 2.24) is 9.55 Å². The average molecular weight is 328 g/mol. The Bertz CT molecular complexity index is 900. The molecule has 1 aromatic heterocycles. The van der Waals surface area contributed by atoms with Gasteiger partial charge >= 0.3 is 0 Å². The number of Topliss-reactive ketones (excluding diaryl/α,β-unsaturated/α-hetero) is 2. The molecule has 0 bridgehead atoms. The number of carbonyl (C=O) groups is 3. The van der Waals surface area contributed by atoms with Crippen LogP contribution in [0, 0.1) is 6.92 Å². The summed E-state index contributed by atoms with van der Waals surface area (Å²) in [6.45, 7) is 1.51. The highest BCUT2D eigenvalue weighted by Gasteiger charge is 2.30. The van der Waals surface area contributed by atoms with Crippen molar-refractivity contribution in [2.75, 3.05) is 6.61 Å². The largest absolute Gasteiger partial charge is 0.484 e. The van der Waals surface area contributed by atoms with Crippen LogP contribution in [-0.2, 0) is 14.4 Å². The van der Waals surface area contributed by atoms with E-state index in [9.17, 15) is 19.2 Å². The van der Waals surface area contributed by atoms with Crippen molar-refractivity contribution in [2.45, 2.75) is 32.2 Å². The van der Waals surface area contributed by atoms with E-state index < -0.39 is 6.04 Å². The van der Waals surface area contributed by atoms with Crippen molar-refractivity contribution >= 4 is 28.8 Å². The number of nitrogens with zero attached hydrogens (tertiary/aromatic N) is 2. The molecule has 0 spiro atoms. The van der Waals surface area contributed by atoms with E-state index in [1.165, 1.54) is 4.57 Å². The van der Waals surface area contributed by atoms with E-state index in [2.05, 4.69) is 4.98 Å². The number of hydrogen-bond acceptors (Lipinski definition) is 6. The van der Waals surface area contributed by atoms with Crippen LogP contribution in [0.25, 0.3) is 10.9 Å². The number of hydrogen-bond donors (Lipinski definition) is 0. The monoisotopic (exact) mass is 328 g/mol. The maximum absolute atomic E-state index is 12.9. The van der Waals surface area contributed by atoms with Gasteiger partial charge in [-0.2, -0.15) is 0 Å². The standard InChI is InChI=1S/C17H16N2O5/c1-10-18-16-12(3-2-4-15(16)24-8-7-20)17(23)19(10)13-6-5-11(21)9-14(13)22/h2-4,7,13H,5-6,8-9H2,1H3. The van der Waals surface area contributed by atoms with Gasteiger partial charge in [0.05, 0.1) is 17.8 Å². The molecule has 124 valence electrons. The third-order valence-electron chi connectivity index (χ3n) is 4.13. The SMILES string of the molecule is Cc1nc2c(OCC=O)cccc2c(=O)n1C1CCC(=O)CC1=O. The highest BCUT2D eigenvalue weighted by atomic mass is 16.5. The average Bonchev–Trinajstić information content (AvgIpc) is 2.55. The van der Waals surface area contributed by atoms with Crippen LogP contribution in [-0.4, -0.2) is 34.0 Å². The zero-order chi connectivity index (χ0) is 17.3. The molecule has 0 amide bonds. The van der Waals surface area contributed by atoms with E-state index in [1.807, 2.05) is 0 Å². The van der Waals surface area contributed by atoms with Gasteiger partial charge in [-0.05, 0) is 25.5 Å². The number of ketones is 2. The van der Waals surface area contributed by atoms with Crippen molar-refractivity contribution in [3.8, 4) is 5.75 Å². The molecule has 1 heterocycles. The van der Waals surface area contributed by atoms with E-state index >= 15 is 0 Å². The predicted octanol–water partition coefficient (Wildman–Crippen LogP) is 1.15. The first-order valence-electron chi connectivity index (χ1n) is 7.65. The normalized spacial score (nSPS) is 18.0. The Kier molecular flexibility index (Phi) is 4.24. The number of aryl methyl sites for hydroxylation is 1. The minimum atomic E-state index is -0.661. The van der Waals surface area contributed by atoms with Crippen LogP contribution in [0.3, 0.4) is 0 Å². The maximum atomic E-state index is 12.9. The summed E-state index contributed by atoms with van der Waals surface area (Å²) in [7, 11) is 0.